The highest BCUT2D eigenvalue weighted by Gasteiger charge is 2.25. The SMILES string of the molecule is CSCCC(=O)N1CC[NH+](CC(=O)Nc2c(C)cccc2C)CC1. The second-order valence-electron chi connectivity index (χ2n) is 6.37. The molecule has 1 heterocycles. The molecule has 1 aliphatic rings. The van der Waals surface area contributed by atoms with Gasteiger partial charge in [-0.3, -0.25) is 9.59 Å². The maximum atomic E-state index is 12.3. The summed E-state index contributed by atoms with van der Waals surface area (Å²) in [5, 5.41) is 3.04. The first-order valence-corrected chi connectivity index (χ1v) is 9.87. The smallest absolute Gasteiger partial charge is 0.279 e. The van der Waals surface area contributed by atoms with E-state index in [2.05, 4.69) is 5.32 Å². The van der Waals surface area contributed by atoms with Crippen molar-refractivity contribution in [1.29, 1.82) is 0 Å². The molecular formula is C18H28N3O2S+. The van der Waals surface area contributed by atoms with Crippen LogP contribution in [0.25, 0.3) is 0 Å². The van der Waals surface area contributed by atoms with Gasteiger partial charge in [0.25, 0.3) is 5.91 Å². The van der Waals surface area contributed by atoms with Gasteiger partial charge in [0.2, 0.25) is 5.91 Å². The largest absolute Gasteiger partial charge is 0.331 e. The first-order valence-electron chi connectivity index (χ1n) is 8.47. The van der Waals surface area contributed by atoms with E-state index in [-0.39, 0.29) is 11.8 Å². The van der Waals surface area contributed by atoms with Crippen LogP contribution in [0, 0.1) is 13.8 Å². The topological polar surface area (TPSA) is 53.9 Å². The molecule has 1 fully saturated rings. The van der Waals surface area contributed by atoms with Crippen molar-refractivity contribution in [2.75, 3.05) is 50.0 Å². The van der Waals surface area contributed by atoms with Crippen molar-refractivity contribution in [3.8, 4) is 0 Å². The number of nitrogens with one attached hydrogen (secondary N) is 2. The lowest BCUT2D eigenvalue weighted by atomic mass is 10.1. The lowest BCUT2D eigenvalue weighted by molar-refractivity contribution is -0.895. The van der Waals surface area contributed by atoms with Crippen LogP contribution >= 0.6 is 11.8 Å². The number of carbonyl (C=O) groups excluding carboxylic acids is 2. The van der Waals surface area contributed by atoms with Crippen molar-refractivity contribution in [2.24, 2.45) is 0 Å². The van der Waals surface area contributed by atoms with Crippen LogP contribution in [0.5, 0.6) is 0 Å². The number of hydrogen-bond acceptors (Lipinski definition) is 3. The van der Waals surface area contributed by atoms with Gasteiger partial charge in [-0.05, 0) is 31.2 Å². The number of thioether (sulfide) groups is 1. The summed E-state index contributed by atoms with van der Waals surface area (Å²) >= 11 is 1.70. The van der Waals surface area contributed by atoms with Crippen molar-refractivity contribution in [3.05, 3.63) is 29.3 Å². The minimum Gasteiger partial charge on any atom is -0.331 e. The molecule has 6 heteroatoms. The van der Waals surface area contributed by atoms with Gasteiger partial charge in [0.1, 0.15) is 0 Å². The molecule has 0 spiro atoms. The number of benzene rings is 1. The van der Waals surface area contributed by atoms with Crippen LogP contribution in [0.15, 0.2) is 18.2 Å². The van der Waals surface area contributed by atoms with E-state index in [1.165, 1.54) is 4.90 Å². The molecule has 0 bridgehead atoms. The van der Waals surface area contributed by atoms with E-state index in [0.29, 0.717) is 13.0 Å². The number of carbonyl (C=O) groups is 2. The lowest BCUT2D eigenvalue weighted by Gasteiger charge is -2.32. The highest BCUT2D eigenvalue weighted by atomic mass is 32.2. The molecule has 0 atom stereocenters. The number of piperazine rings is 1. The fourth-order valence-electron chi connectivity index (χ4n) is 3.02. The first-order chi connectivity index (χ1) is 11.5. The van der Waals surface area contributed by atoms with Gasteiger partial charge in [-0.15, -0.1) is 0 Å². The van der Waals surface area contributed by atoms with Crippen molar-refractivity contribution < 1.29 is 14.5 Å². The van der Waals surface area contributed by atoms with Crippen LogP contribution in [0.2, 0.25) is 0 Å². The Morgan fingerprint density at radius 2 is 1.83 bits per heavy atom. The van der Waals surface area contributed by atoms with Gasteiger partial charge in [-0.1, -0.05) is 18.2 Å². The van der Waals surface area contributed by atoms with Gasteiger partial charge < -0.3 is 15.1 Å². The summed E-state index contributed by atoms with van der Waals surface area (Å²) in [7, 11) is 0. The molecule has 24 heavy (non-hydrogen) atoms. The number of aryl methyl sites for hydroxylation is 2. The number of nitrogens with zero attached hydrogens (tertiary/aromatic N) is 1. The lowest BCUT2D eigenvalue weighted by Crippen LogP contribution is -3.15. The maximum Gasteiger partial charge on any atom is 0.279 e. The first kappa shape index (κ1) is 18.8. The molecule has 1 aromatic rings. The quantitative estimate of drug-likeness (QED) is 0.795. The molecule has 132 valence electrons. The number of rotatable bonds is 6. The van der Waals surface area contributed by atoms with E-state index in [4.69, 9.17) is 0 Å². The van der Waals surface area contributed by atoms with Crippen LogP contribution in [0.3, 0.4) is 0 Å². The van der Waals surface area contributed by atoms with E-state index in [1.54, 1.807) is 11.8 Å². The van der Waals surface area contributed by atoms with Gasteiger partial charge in [0, 0.05) is 17.9 Å². The van der Waals surface area contributed by atoms with Gasteiger partial charge >= 0.3 is 0 Å². The minimum atomic E-state index is 0.0459. The van der Waals surface area contributed by atoms with Crippen LogP contribution in [-0.4, -0.2) is 61.4 Å². The molecule has 1 aliphatic heterocycles. The summed E-state index contributed by atoms with van der Waals surface area (Å²) in [5.41, 5.74) is 3.10. The predicted octanol–water partition coefficient (Wildman–Crippen LogP) is 0.722. The Kier molecular flexibility index (Phi) is 7.12. The molecule has 0 radical (unpaired) electrons. The maximum absolute atomic E-state index is 12.3. The summed E-state index contributed by atoms with van der Waals surface area (Å²) in [4.78, 5) is 27.5. The average Bonchev–Trinajstić information content (AvgIpc) is 2.57. The highest BCUT2D eigenvalue weighted by molar-refractivity contribution is 7.98. The number of hydrogen-bond donors (Lipinski definition) is 2. The van der Waals surface area contributed by atoms with Crippen LogP contribution < -0.4 is 10.2 Å². The third-order valence-corrected chi connectivity index (χ3v) is 5.11. The Morgan fingerprint density at radius 1 is 1.21 bits per heavy atom. The zero-order valence-electron chi connectivity index (χ0n) is 14.9. The van der Waals surface area contributed by atoms with E-state index in [9.17, 15) is 9.59 Å². The van der Waals surface area contributed by atoms with Crippen LogP contribution in [0.4, 0.5) is 5.69 Å². The third-order valence-electron chi connectivity index (χ3n) is 4.50. The number of quaternary nitrogens is 1. The zero-order chi connectivity index (χ0) is 17.5. The molecule has 2 N–H and O–H groups in total. The van der Waals surface area contributed by atoms with Crippen molar-refractivity contribution >= 4 is 29.3 Å². The molecule has 0 saturated carbocycles. The normalized spacial score (nSPS) is 15.4. The predicted molar refractivity (Wildman–Crippen MR) is 99.7 cm³/mol. The summed E-state index contributed by atoms with van der Waals surface area (Å²) in [6.45, 7) is 7.65. The molecule has 0 unspecified atom stereocenters. The van der Waals surface area contributed by atoms with Gasteiger partial charge in [-0.25, -0.2) is 0 Å². The van der Waals surface area contributed by atoms with Crippen molar-refractivity contribution in [2.45, 2.75) is 20.3 Å². The number of para-hydroxylation sites is 1. The molecule has 1 saturated heterocycles. The Morgan fingerprint density at radius 3 is 2.42 bits per heavy atom. The average molecular weight is 351 g/mol. The molecule has 0 aromatic heterocycles. The van der Waals surface area contributed by atoms with Gasteiger partial charge in [0.15, 0.2) is 6.54 Å². The summed E-state index contributed by atoms with van der Waals surface area (Å²) in [6, 6.07) is 6.02. The Bertz CT molecular complexity index is 563. The fraction of sp³-hybridized carbons (Fsp3) is 0.556. The molecular weight excluding hydrogens is 322 g/mol. The van der Waals surface area contributed by atoms with Crippen molar-refractivity contribution in [3.63, 3.8) is 0 Å². The Balaban J connectivity index is 1.79. The van der Waals surface area contributed by atoms with Crippen LogP contribution in [-0.2, 0) is 9.59 Å². The van der Waals surface area contributed by atoms with E-state index in [0.717, 1.165) is 48.7 Å². The summed E-state index contributed by atoms with van der Waals surface area (Å²) in [5.74, 6) is 1.16. The standard InChI is InChI=1S/C18H27N3O2S/c1-14-5-4-6-15(2)18(14)19-16(22)13-20-8-10-21(11-9-20)17(23)7-12-24-3/h4-6H,7-13H2,1-3H3,(H,19,22)/p+1. The Hall–Kier alpha value is -1.53. The summed E-state index contributed by atoms with van der Waals surface area (Å²) in [6.07, 6.45) is 2.63. The van der Waals surface area contributed by atoms with E-state index >= 15 is 0 Å². The van der Waals surface area contributed by atoms with Gasteiger partial charge in [0.05, 0.1) is 26.2 Å². The summed E-state index contributed by atoms with van der Waals surface area (Å²) < 4.78 is 0. The second kappa shape index (κ2) is 9.08. The zero-order valence-corrected chi connectivity index (χ0v) is 15.7. The third kappa shape index (κ3) is 5.24. The number of anilines is 1. The molecule has 0 aliphatic carbocycles. The van der Waals surface area contributed by atoms with Gasteiger partial charge in [-0.2, -0.15) is 11.8 Å². The minimum absolute atomic E-state index is 0.0459. The fourth-order valence-corrected chi connectivity index (χ4v) is 3.40. The van der Waals surface area contributed by atoms with E-state index in [1.807, 2.05) is 43.2 Å². The monoisotopic (exact) mass is 350 g/mol. The van der Waals surface area contributed by atoms with Crippen LogP contribution in [0.1, 0.15) is 17.5 Å². The number of amides is 2. The second-order valence-corrected chi connectivity index (χ2v) is 7.35. The van der Waals surface area contributed by atoms with E-state index < -0.39 is 0 Å². The molecule has 5 nitrogen and oxygen atoms in total. The van der Waals surface area contributed by atoms with Crippen molar-refractivity contribution in [1.82, 2.24) is 4.90 Å². The molecule has 2 amide bonds. The molecule has 2 rings (SSSR count). The highest BCUT2D eigenvalue weighted by Crippen LogP contribution is 2.18. The Labute approximate surface area is 148 Å². The molecule has 1 aromatic carbocycles.